The second-order valence-corrected chi connectivity index (χ2v) is 9.01. The Labute approximate surface area is 201 Å². The van der Waals surface area contributed by atoms with Crippen molar-refractivity contribution in [1.29, 1.82) is 0 Å². The van der Waals surface area contributed by atoms with Crippen LogP contribution in [-0.2, 0) is 4.74 Å². The van der Waals surface area contributed by atoms with Crippen LogP contribution in [0.15, 0.2) is 29.8 Å². The number of hydrogen-bond acceptors (Lipinski definition) is 8. The number of anilines is 1. The maximum Gasteiger partial charge on any atom is 0.434 e. The molecular formula is C24H24FN7O3. The lowest BCUT2D eigenvalue weighted by Crippen LogP contribution is -2.26. The first-order valence-electron chi connectivity index (χ1n) is 11.0. The van der Waals surface area contributed by atoms with Gasteiger partial charge >= 0.3 is 6.09 Å². The summed E-state index contributed by atoms with van der Waals surface area (Å²) in [4.78, 5) is 42.1. The predicted octanol–water partition coefficient (Wildman–Crippen LogP) is 3.56. The number of fused-ring (bicyclic) bond motifs is 1. The molecule has 0 aromatic carbocycles. The molecule has 0 aliphatic carbocycles. The van der Waals surface area contributed by atoms with Gasteiger partial charge in [0.25, 0.3) is 0 Å². The lowest BCUT2D eigenvalue weighted by molar-refractivity contribution is 0.0604. The number of aliphatic imine (C=N–C) groups is 1. The van der Waals surface area contributed by atoms with E-state index in [2.05, 4.69) is 36.9 Å². The molecule has 35 heavy (non-hydrogen) atoms. The van der Waals surface area contributed by atoms with E-state index < -0.39 is 17.5 Å². The molecule has 1 aliphatic heterocycles. The number of carbonyl (C=O) groups excluding carboxylic acids is 2. The zero-order valence-corrected chi connectivity index (χ0v) is 19.8. The Bertz CT molecular complexity index is 1380. The minimum atomic E-state index is -0.735. The van der Waals surface area contributed by atoms with E-state index in [0.29, 0.717) is 47.7 Å². The van der Waals surface area contributed by atoms with Gasteiger partial charge < -0.3 is 9.64 Å². The molecule has 1 atom stereocenters. The Morgan fingerprint density at radius 2 is 2.11 bits per heavy atom. The van der Waals surface area contributed by atoms with Gasteiger partial charge in [0.05, 0.1) is 29.7 Å². The fraction of sp³-hybridized carbons (Fsp3) is 0.375. The monoisotopic (exact) mass is 477 g/mol. The maximum absolute atomic E-state index is 14.2. The Balaban J connectivity index is 1.66. The summed E-state index contributed by atoms with van der Waals surface area (Å²) in [6.45, 7) is 7.46. The molecule has 4 rings (SSSR count). The molecule has 0 spiro atoms. The highest BCUT2D eigenvalue weighted by Crippen LogP contribution is 2.35. The van der Waals surface area contributed by atoms with Crippen molar-refractivity contribution >= 4 is 29.7 Å². The topological polar surface area (TPSA) is 115 Å². The average molecular weight is 478 g/mol. The third kappa shape index (κ3) is 5.48. The highest BCUT2D eigenvalue weighted by Gasteiger charge is 2.31. The SMILES string of the molecule is C/C(C#Cc1ncc(F)cc1[C@H]1CCCN1c1ncn2ncc(C=O)c2n1)=N/C(=O)OC(C)(C)C. The van der Waals surface area contributed by atoms with Gasteiger partial charge in [-0.05, 0) is 58.4 Å². The maximum atomic E-state index is 14.2. The molecule has 0 N–H and O–H groups in total. The van der Waals surface area contributed by atoms with Gasteiger partial charge in [0.2, 0.25) is 5.95 Å². The lowest BCUT2D eigenvalue weighted by Gasteiger charge is -2.25. The van der Waals surface area contributed by atoms with E-state index in [1.54, 1.807) is 27.7 Å². The van der Waals surface area contributed by atoms with Crippen LogP contribution in [0.3, 0.4) is 0 Å². The molecular weight excluding hydrogens is 453 g/mol. The second-order valence-electron chi connectivity index (χ2n) is 9.01. The average Bonchev–Trinajstić information content (AvgIpc) is 3.43. The van der Waals surface area contributed by atoms with Gasteiger partial charge in [-0.1, -0.05) is 0 Å². The molecule has 180 valence electrons. The third-order valence-electron chi connectivity index (χ3n) is 5.18. The number of pyridine rings is 1. The minimum Gasteiger partial charge on any atom is -0.442 e. The fourth-order valence-electron chi connectivity index (χ4n) is 3.76. The Hall–Kier alpha value is -4.20. The lowest BCUT2D eigenvalue weighted by atomic mass is 10.0. The summed E-state index contributed by atoms with van der Waals surface area (Å²) in [5, 5.41) is 4.06. The van der Waals surface area contributed by atoms with E-state index in [1.165, 1.54) is 23.1 Å². The number of aldehydes is 1. The van der Waals surface area contributed by atoms with Crippen molar-refractivity contribution in [3.63, 3.8) is 0 Å². The molecule has 1 fully saturated rings. The van der Waals surface area contributed by atoms with Crippen molar-refractivity contribution in [2.24, 2.45) is 4.99 Å². The number of halogens is 1. The van der Waals surface area contributed by atoms with Crippen LogP contribution in [0.2, 0.25) is 0 Å². The zero-order valence-electron chi connectivity index (χ0n) is 19.8. The summed E-state index contributed by atoms with van der Waals surface area (Å²) in [6, 6.07) is 1.12. The minimum absolute atomic E-state index is 0.246. The van der Waals surface area contributed by atoms with Crippen LogP contribution in [0.25, 0.3) is 5.65 Å². The fourth-order valence-corrected chi connectivity index (χ4v) is 3.76. The largest absolute Gasteiger partial charge is 0.442 e. The smallest absolute Gasteiger partial charge is 0.434 e. The van der Waals surface area contributed by atoms with Crippen LogP contribution in [0.4, 0.5) is 15.1 Å². The molecule has 10 nitrogen and oxygen atoms in total. The van der Waals surface area contributed by atoms with E-state index in [-0.39, 0.29) is 11.8 Å². The van der Waals surface area contributed by atoms with Crippen LogP contribution in [0, 0.1) is 17.7 Å². The summed E-state index contributed by atoms with van der Waals surface area (Å²) in [6.07, 6.45) is 5.49. The van der Waals surface area contributed by atoms with E-state index in [9.17, 15) is 14.0 Å². The van der Waals surface area contributed by atoms with Gasteiger partial charge in [-0.15, -0.1) is 0 Å². The molecule has 1 amide bonds. The summed E-state index contributed by atoms with van der Waals surface area (Å²) in [7, 11) is 0. The quantitative estimate of drug-likeness (QED) is 0.320. The molecule has 1 saturated heterocycles. The van der Waals surface area contributed by atoms with E-state index in [0.717, 1.165) is 12.6 Å². The van der Waals surface area contributed by atoms with E-state index in [4.69, 9.17) is 4.74 Å². The highest BCUT2D eigenvalue weighted by molar-refractivity contribution is 6.04. The molecule has 0 unspecified atom stereocenters. The van der Waals surface area contributed by atoms with Crippen molar-refractivity contribution in [2.45, 2.75) is 52.2 Å². The highest BCUT2D eigenvalue weighted by atomic mass is 19.1. The molecule has 11 heteroatoms. The number of carbonyl (C=O) groups is 2. The number of ether oxygens (including phenoxy) is 1. The first-order valence-corrected chi connectivity index (χ1v) is 11.0. The van der Waals surface area contributed by atoms with Crippen LogP contribution >= 0.6 is 0 Å². The van der Waals surface area contributed by atoms with Crippen molar-refractivity contribution in [1.82, 2.24) is 24.6 Å². The first kappa shape index (κ1) is 23.9. The zero-order chi connectivity index (χ0) is 25.2. The molecule has 0 saturated carbocycles. The van der Waals surface area contributed by atoms with Gasteiger partial charge in [0.15, 0.2) is 11.9 Å². The van der Waals surface area contributed by atoms with Crippen LogP contribution in [0.5, 0.6) is 0 Å². The van der Waals surface area contributed by atoms with Crippen molar-refractivity contribution in [3.05, 3.63) is 47.4 Å². The molecule has 4 heterocycles. The van der Waals surface area contributed by atoms with Gasteiger partial charge in [0, 0.05) is 12.1 Å². The Morgan fingerprint density at radius 3 is 2.86 bits per heavy atom. The number of nitrogens with zero attached hydrogens (tertiary/aromatic N) is 7. The van der Waals surface area contributed by atoms with Gasteiger partial charge in [-0.25, -0.2) is 23.7 Å². The predicted molar refractivity (Wildman–Crippen MR) is 126 cm³/mol. The van der Waals surface area contributed by atoms with Gasteiger partial charge in [-0.3, -0.25) is 4.79 Å². The van der Waals surface area contributed by atoms with Crippen molar-refractivity contribution in [2.75, 3.05) is 11.4 Å². The molecule has 3 aromatic heterocycles. The van der Waals surface area contributed by atoms with Crippen molar-refractivity contribution in [3.8, 4) is 11.8 Å². The summed E-state index contributed by atoms with van der Waals surface area (Å²) in [5.74, 6) is 5.61. The van der Waals surface area contributed by atoms with Gasteiger partial charge in [-0.2, -0.15) is 15.1 Å². The second kappa shape index (κ2) is 9.58. The number of rotatable bonds is 3. The standard InChI is InChI=1S/C24H24FN7O3/c1-15(29-23(34)35-24(2,3)4)7-8-19-18(10-17(25)12-26-19)20-6-5-9-31(20)22-27-14-32-21(30-22)16(13-33)11-28-32/h10-14,20H,5-6,9H2,1-4H3/b29-15-/t20-/m1/s1. The normalized spacial score (nSPS) is 16.2. The van der Waals surface area contributed by atoms with E-state index >= 15 is 0 Å². The third-order valence-corrected chi connectivity index (χ3v) is 5.18. The molecule has 3 aromatic rings. The van der Waals surface area contributed by atoms with Crippen LogP contribution in [0.1, 0.15) is 68.2 Å². The van der Waals surface area contributed by atoms with E-state index in [1.807, 2.05) is 4.90 Å². The van der Waals surface area contributed by atoms with Crippen LogP contribution in [-0.4, -0.2) is 54.8 Å². The van der Waals surface area contributed by atoms with Crippen molar-refractivity contribution < 1.29 is 18.7 Å². The van der Waals surface area contributed by atoms with Gasteiger partial charge in [0.1, 0.15) is 23.4 Å². The van der Waals surface area contributed by atoms with Crippen LogP contribution < -0.4 is 4.90 Å². The Morgan fingerprint density at radius 1 is 1.31 bits per heavy atom. The Kier molecular flexibility index (Phi) is 6.55. The molecule has 1 aliphatic rings. The number of amides is 1. The number of hydrogen-bond donors (Lipinski definition) is 0. The summed E-state index contributed by atoms with van der Waals surface area (Å²) < 4.78 is 20.8. The molecule has 0 radical (unpaired) electrons. The summed E-state index contributed by atoms with van der Waals surface area (Å²) in [5.41, 5.74) is 1.26. The summed E-state index contributed by atoms with van der Waals surface area (Å²) >= 11 is 0. The number of aromatic nitrogens is 5. The first-order chi connectivity index (χ1) is 16.6. The molecule has 0 bridgehead atoms.